The number of nitrogens with one attached hydrogen (secondary N) is 3. The lowest BCUT2D eigenvalue weighted by molar-refractivity contribution is -0.122. The second kappa shape index (κ2) is 13.7. The summed E-state index contributed by atoms with van der Waals surface area (Å²) in [6.07, 6.45) is 5.65. The lowest BCUT2D eigenvalue weighted by Gasteiger charge is -2.28. The number of hydrogen-bond donors (Lipinski definition) is 3. The second-order valence-electron chi connectivity index (χ2n) is 8.55. The van der Waals surface area contributed by atoms with Crippen molar-refractivity contribution in [2.75, 3.05) is 17.2 Å². The van der Waals surface area contributed by atoms with Crippen molar-refractivity contribution in [3.63, 3.8) is 0 Å². The van der Waals surface area contributed by atoms with Crippen LogP contribution in [0.1, 0.15) is 24.2 Å². The van der Waals surface area contributed by atoms with Gasteiger partial charge < -0.3 is 16.0 Å². The maximum absolute atomic E-state index is 14.6. The number of allylic oxidation sites excluding steroid dienone is 4. The molecular weight excluding hydrogens is 504 g/mol. The Bertz CT molecular complexity index is 1150. The number of benzene rings is 2. The lowest BCUT2D eigenvalue weighted by Crippen LogP contribution is -2.44. The Morgan fingerprint density at radius 1 is 1.17 bits per heavy atom. The van der Waals surface area contributed by atoms with Gasteiger partial charge in [0.25, 0.3) is 0 Å². The molecule has 6 nitrogen and oxygen atoms in total. The molecule has 0 bridgehead atoms. The molecule has 36 heavy (non-hydrogen) atoms. The lowest BCUT2D eigenvalue weighted by atomic mass is 9.81. The number of carbonyl (C=O) groups excluding carboxylic acids is 3. The normalized spacial score (nSPS) is 18.6. The maximum atomic E-state index is 14.6. The van der Waals surface area contributed by atoms with Crippen LogP contribution in [-0.2, 0) is 9.59 Å². The second-order valence-corrected chi connectivity index (χ2v) is 9.47. The minimum Gasteiger partial charge on any atom is -0.329 e. The molecule has 0 radical (unpaired) electrons. The highest BCUT2D eigenvalue weighted by Crippen LogP contribution is 2.37. The Balaban J connectivity index is 0.000000346. The van der Waals surface area contributed by atoms with Gasteiger partial charge in [0.15, 0.2) is 0 Å². The van der Waals surface area contributed by atoms with E-state index in [2.05, 4.69) is 22.5 Å². The Kier molecular flexibility index (Phi) is 11.0. The van der Waals surface area contributed by atoms with E-state index in [0.717, 1.165) is 6.29 Å². The first-order chi connectivity index (χ1) is 17.1. The van der Waals surface area contributed by atoms with E-state index in [1.807, 2.05) is 13.8 Å². The summed E-state index contributed by atoms with van der Waals surface area (Å²) in [5.41, 5.74) is 1.33. The molecule has 2 aromatic carbocycles. The molecule has 2 unspecified atom stereocenters. The Morgan fingerprint density at radius 3 is 2.44 bits per heavy atom. The van der Waals surface area contributed by atoms with Gasteiger partial charge in [0.2, 0.25) is 12.3 Å². The fourth-order valence-corrected chi connectivity index (χ4v) is 4.01. The first-order valence-electron chi connectivity index (χ1n) is 11.0. The smallest absolute Gasteiger partial charge is 0.230 e. The van der Waals surface area contributed by atoms with E-state index >= 15 is 0 Å². The number of amides is 2. The van der Waals surface area contributed by atoms with Crippen molar-refractivity contribution in [2.45, 2.75) is 19.4 Å². The fourth-order valence-electron chi connectivity index (χ4n) is 3.75. The van der Waals surface area contributed by atoms with E-state index < -0.39 is 17.4 Å². The summed E-state index contributed by atoms with van der Waals surface area (Å²) < 4.78 is 14.6. The van der Waals surface area contributed by atoms with Crippen LogP contribution < -0.4 is 16.0 Å². The van der Waals surface area contributed by atoms with Gasteiger partial charge >= 0.3 is 0 Å². The van der Waals surface area contributed by atoms with E-state index in [1.165, 1.54) is 18.2 Å². The third-order valence-corrected chi connectivity index (χ3v) is 5.85. The fraction of sp³-hybridized carbons (Fsp3) is 0.222. The standard InChI is InChI=1S/C19H21Cl2FN2O.C8H7NO2/c1-12(20)6-4-9-16(22)15-11-23-19(2,3)17(15)18(25)24-14-8-5-7-13(21)10-14;10-5-7-1-3-8(4-2-7)9-6-11/h4-10,15,17,23H,1,11H2,2-3H3,(H,24,25);1-6H,(H,9,11)/b6-4-,16-9-;. The van der Waals surface area contributed by atoms with Crippen molar-refractivity contribution in [3.05, 3.63) is 94.8 Å². The number of halogens is 3. The summed E-state index contributed by atoms with van der Waals surface area (Å²) in [5, 5.41) is 9.34. The van der Waals surface area contributed by atoms with Crippen LogP contribution in [0.2, 0.25) is 5.02 Å². The highest BCUT2D eigenvalue weighted by atomic mass is 35.5. The van der Waals surface area contributed by atoms with E-state index in [9.17, 15) is 18.8 Å². The zero-order valence-electron chi connectivity index (χ0n) is 19.9. The third-order valence-electron chi connectivity index (χ3n) is 5.49. The molecule has 1 aliphatic rings. The minimum atomic E-state index is -0.574. The van der Waals surface area contributed by atoms with Gasteiger partial charge in [-0.1, -0.05) is 41.9 Å². The van der Waals surface area contributed by atoms with E-state index in [0.29, 0.717) is 39.9 Å². The molecule has 0 aliphatic carbocycles. The van der Waals surface area contributed by atoms with Crippen LogP contribution >= 0.6 is 23.2 Å². The molecule has 0 aromatic heterocycles. The van der Waals surface area contributed by atoms with Crippen LogP contribution in [0.5, 0.6) is 0 Å². The summed E-state index contributed by atoms with van der Waals surface area (Å²) >= 11 is 11.6. The molecule has 3 rings (SSSR count). The van der Waals surface area contributed by atoms with Crippen molar-refractivity contribution in [2.24, 2.45) is 11.8 Å². The van der Waals surface area contributed by atoms with Crippen molar-refractivity contribution in [1.29, 1.82) is 0 Å². The first kappa shape index (κ1) is 29.0. The van der Waals surface area contributed by atoms with Gasteiger partial charge in [-0.2, -0.15) is 0 Å². The summed E-state index contributed by atoms with van der Waals surface area (Å²) in [5.74, 6) is -1.77. The third kappa shape index (κ3) is 8.75. The molecule has 2 atom stereocenters. The Morgan fingerprint density at radius 2 is 1.86 bits per heavy atom. The van der Waals surface area contributed by atoms with Gasteiger partial charge in [0, 0.05) is 45.0 Å². The molecule has 9 heteroatoms. The zero-order chi connectivity index (χ0) is 26.7. The van der Waals surface area contributed by atoms with Crippen molar-refractivity contribution < 1.29 is 18.8 Å². The molecule has 2 aromatic rings. The van der Waals surface area contributed by atoms with Crippen molar-refractivity contribution in [1.82, 2.24) is 5.32 Å². The van der Waals surface area contributed by atoms with Crippen molar-refractivity contribution in [3.8, 4) is 0 Å². The van der Waals surface area contributed by atoms with Crippen LogP contribution in [0, 0.1) is 11.8 Å². The Hall–Kier alpha value is -3.26. The SMILES string of the molecule is C=C(Cl)/C=C\C=C(/F)C1CNC(C)(C)C1C(=O)Nc1cccc(Cl)c1.O=CNc1ccc(C=O)cc1. The first-order valence-corrected chi connectivity index (χ1v) is 11.8. The van der Waals surface area contributed by atoms with Gasteiger partial charge in [-0.25, -0.2) is 4.39 Å². The van der Waals surface area contributed by atoms with E-state index in [1.54, 1.807) is 48.5 Å². The molecule has 1 saturated heterocycles. The van der Waals surface area contributed by atoms with Crippen LogP contribution in [0.15, 0.2) is 84.2 Å². The van der Waals surface area contributed by atoms with Gasteiger partial charge in [-0.05, 0) is 68.5 Å². The highest BCUT2D eigenvalue weighted by Gasteiger charge is 2.47. The molecule has 2 amide bonds. The number of rotatable bonds is 8. The summed E-state index contributed by atoms with van der Waals surface area (Å²) in [6, 6.07) is 13.5. The average Bonchev–Trinajstić information content (AvgIpc) is 3.15. The summed E-state index contributed by atoms with van der Waals surface area (Å²) in [7, 11) is 0. The summed E-state index contributed by atoms with van der Waals surface area (Å²) in [6.45, 7) is 7.66. The molecule has 0 saturated carbocycles. The topological polar surface area (TPSA) is 87.3 Å². The Labute approximate surface area is 220 Å². The molecule has 0 spiro atoms. The monoisotopic (exact) mass is 531 g/mol. The number of anilines is 2. The van der Waals surface area contributed by atoms with Gasteiger partial charge in [0.1, 0.15) is 12.1 Å². The molecule has 3 N–H and O–H groups in total. The highest BCUT2D eigenvalue weighted by molar-refractivity contribution is 6.31. The van der Waals surface area contributed by atoms with Crippen LogP contribution in [-0.4, -0.2) is 30.7 Å². The quantitative estimate of drug-likeness (QED) is 0.282. The largest absolute Gasteiger partial charge is 0.329 e. The predicted octanol–water partition coefficient (Wildman–Crippen LogP) is 6.12. The summed E-state index contributed by atoms with van der Waals surface area (Å²) in [4.78, 5) is 32.9. The molecule has 1 heterocycles. The molecular formula is C27H28Cl2FN3O3. The predicted molar refractivity (Wildman–Crippen MR) is 144 cm³/mol. The van der Waals surface area contributed by atoms with Crippen LogP contribution in [0.25, 0.3) is 0 Å². The van der Waals surface area contributed by atoms with E-state index in [4.69, 9.17) is 23.2 Å². The van der Waals surface area contributed by atoms with Crippen molar-refractivity contribution >= 4 is 53.2 Å². The maximum Gasteiger partial charge on any atom is 0.230 e. The number of carbonyl (C=O) groups is 3. The number of aldehydes is 1. The van der Waals surface area contributed by atoms with Gasteiger partial charge in [-0.15, -0.1) is 0 Å². The van der Waals surface area contributed by atoms with Crippen LogP contribution in [0.3, 0.4) is 0 Å². The molecule has 1 fully saturated rings. The minimum absolute atomic E-state index is 0.253. The van der Waals surface area contributed by atoms with E-state index in [-0.39, 0.29) is 11.7 Å². The number of hydrogen-bond acceptors (Lipinski definition) is 4. The molecule has 1 aliphatic heterocycles. The van der Waals surface area contributed by atoms with Gasteiger partial charge in [-0.3, -0.25) is 14.4 Å². The zero-order valence-corrected chi connectivity index (χ0v) is 21.4. The van der Waals surface area contributed by atoms with Gasteiger partial charge in [0.05, 0.1) is 5.92 Å². The van der Waals surface area contributed by atoms with Crippen LogP contribution in [0.4, 0.5) is 15.8 Å². The molecule has 190 valence electrons. The average molecular weight is 532 g/mol.